The average molecular weight is 278 g/mol. The van der Waals surface area contributed by atoms with Crippen molar-refractivity contribution in [2.75, 3.05) is 13.7 Å². The van der Waals surface area contributed by atoms with Gasteiger partial charge in [0.15, 0.2) is 11.2 Å². The number of rotatable bonds is 8. The maximum absolute atomic E-state index is 9.27. The standard InChI is InChI=1S/C14H22N4O2/c1-3-4-5-6-11(7-8-19)18-10-17-12-13(18)15-9-16-14(12)20-2/h9-11,19H,3-8H2,1-2H3. The molecular formula is C14H22N4O2. The summed E-state index contributed by atoms with van der Waals surface area (Å²) in [5.41, 5.74) is 1.44. The molecule has 1 atom stereocenters. The lowest BCUT2D eigenvalue weighted by Gasteiger charge is -2.17. The predicted molar refractivity (Wildman–Crippen MR) is 76.8 cm³/mol. The van der Waals surface area contributed by atoms with Gasteiger partial charge >= 0.3 is 0 Å². The number of hydrogen-bond donors (Lipinski definition) is 1. The fourth-order valence-corrected chi connectivity index (χ4v) is 2.45. The van der Waals surface area contributed by atoms with Crippen LogP contribution in [0.2, 0.25) is 0 Å². The van der Waals surface area contributed by atoms with Crippen LogP contribution in [0.15, 0.2) is 12.7 Å². The van der Waals surface area contributed by atoms with E-state index in [1.807, 2.05) is 4.57 Å². The third-order valence-electron chi connectivity index (χ3n) is 3.52. The summed E-state index contributed by atoms with van der Waals surface area (Å²) < 4.78 is 7.24. The molecule has 2 rings (SSSR count). The van der Waals surface area contributed by atoms with Crippen molar-refractivity contribution in [3.05, 3.63) is 12.7 Å². The minimum Gasteiger partial charge on any atom is -0.479 e. The summed E-state index contributed by atoms with van der Waals surface area (Å²) in [5.74, 6) is 0.491. The number of fused-ring (bicyclic) bond motifs is 1. The zero-order valence-electron chi connectivity index (χ0n) is 12.1. The van der Waals surface area contributed by atoms with Gasteiger partial charge in [0, 0.05) is 12.6 Å². The van der Waals surface area contributed by atoms with Crippen LogP contribution in [0.5, 0.6) is 5.88 Å². The van der Waals surface area contributed by atoms with E-state index in [9.17, 15) is 5.11 Å². The third-order valence-corrected chi connectivity index (χ3v) is 3.52. The molecule has 0 amide bonds. The van der Waals surface area contributed by atoms with E-state index in [1.165, 1.54) is 19.2 Å². The highest BCUT2D eigenvalue weighted by molar-refractivity contribution is 5.75. The first kappa shape index (κ1) is 14.7. The zero-order valence-corrected chi connectivity index (χ0v) is 12.1. The van der Waals surface area contributed by atoms with Gasteiger partial charge in [0.05, 0.1) is 13.4 Å². The van der Waals surface area contributed by atoms with E-state index in [1.54, 1.807) is 13.4 Å². The topological polar surface area (TPSA) is 73.1 Å². The maximum Gasteiger partial charge on any atom is 0.245 e. The van der Waals surface area contributed by atoms with Crippen molar-refractivity contribution in [3.63, 3.8) is 0 Å². The lowest BCUT2D eigenvalue weighted by Crippen LogP contribution is -2.11. The lowest BCUT2D eigenvalue weighted by atomic mass is 10.1. The highest BCUT2D eigenvalue weighted by Crippen LogP contribution is 2.26. The van der Waals surface area contributed by atoms with Gasteiger partial charge in [0.1, 0.15) is 6.33 Å². The fourth-order valence-electron chi connectivity index (χ4n) is 2.45. The Morgan fingerprint density at radius 3 is 2.80 bits per heavy atom. The molecule has 1 unspecified atom stereocenters. The van der Waals surface area contributed by atoms with Crippen LogP contribution < -0.4 is 4.74 Å². The van der Waals surface area contributed by atoms with Crippen LogP contribution in [-0.4, -0.2) is 38.3 Å². The molecule has 0 bridgehead atoms. The van der Waals surface area contributed by atoms with Gasteiger partial charge in [0.2, 0.25) is 5.88 Å². The highest BCUT2D eigenvalue weighted by atomic mass is 16.5. The van der Waals surface area contributed by atoms with Crippen molar-refractivity contribution >= 4 is 11.2 Å². The predicted octanol–water partition coefficient (Wildman–Crippen LogP) is 2.34. The molecule has 0 aliphatic rings. The Hall–Kier alpha value is -1.69. The Kier molecular flexibility index (Phi) is 5.29. The van der Waals surface area contributed by atoms with Gasteiger partial charge < -0.3 is 14.4 Å². The van der Waals surface area contributed by atoms with Crippen LogP contribution in [0, 0.1) is 0 Å². The van der Waals surface area contributed by atoms with Crippen LogP contribution in [0.25, 0.3) is 11.2 Å². The van der Waals surface area contributed by atoms with E-state index in [-0.39, 0.29) is 12.6 Å². The van der Waals surface area contributed by atoms with Crippen LogP contribution in [0.3, 0.4) is 0 Å². The Balaban J connectivity index is 2.28. The van der Waals surface area contributed by atoms with Crippen molar-refractivity contribution in [1.29, 1.82) is 0 Å². The largest absolute Gasteiger partial charge is 0.479 e. The number of hydrogen-bond acceptors (Lipinski definition) is 5. The van der Waals surface area contributed by atoms with Crippen LogP contribution in [-0.2, 0) is 0 Å². The molecule has 110 valence electrons. The quantitative estimate of drug-likeness (QED) is 0.750. The Bertz CT molecular complexity index is 541. The lowest BCUT2D eigenvalue weighted by molar-refractivity contribution is 0.251. The van der Waals surface area contributed by atoms with Crippen LogP contribution >= 0.6 is 0 Å². The molecule has 0 radical (unpaired) electrons. The van der Waals surface area contributed by atoms with Crippen LogP contribution in [0.4, 0.5) is 0 Å². The molecule has 0 saturated carbocycles. The average Bonchev–Trinajstić information content (AvgIpc) is 2.90. The maximum atomic E-state index is 9.27. The van der Waals surface area contributed by atoms with Gasteiger partial charge in [-0.1, -0.05) is 26.2 Å². The number of methoxy groups -OCH3 is 1. The highest BCUT2D eigenvalue weighted by Gasteiger charge is 2.17. The van der Waals surface area contributed by atoms with Crippen molar-refractivity contribution in [2.45, 2.75) is 45.1 Å². The van der Waals surface area contributed by atoms with Crippen molar-refractivity contribution in [2.24, 2.45) is 0 Å². The first-order valence-corrected chi connectivity index (χ1v) is 7.14. The molecule has 0 spiro atoms. The number of imidazole rings is 1. The summed E-state index contributed by atoms with van der Waals surface area (Å²) in [6.07, 6.45) is 8.52. The van der Waals surface area contributed by atoms with Gasteiger partial charge in [-0.3, -0.25) is 0 Å². The molecule has 6 heteroatoms. The van der Waals surface area contributed by atoms with E-state index in [4.69, 9.17) is 4.74 Å². The molecule has 0 aromatic carbocycles. The molecule has 1 N–H and O–H groups in total. The SMILES string of the molecule is CCCCCC(CCO)n1cnc2c(OC)ncnc21. The summed E-state index contributed by atoms with van der Waals surface area (Å²) in [7, 11) is 1.58. The van der Waals surface area contributed by atoms with E-state index < -0.39 is 0 Å². The summed E-state index contributed by atoms with van der Waals surface area (Å²) in [5, 5.41) is 9.27. The number of ether oxygens (including phenoxy) is 1. The smallest absolute Gasteiger partial charge is 0.245 e. The summed E-state index contributed by atoms with van der Waals surface area (Å²) in [6, 6.07) is 0.219. The second kappa shape index (κ2) is 7.19. The summed E-state index contributed by atoms with van der Waals surface area (Å²) >= 11 is 0. The first-order valence-electron chi connectivity index (χ1n) is 7.14. The van der Waals surface area contributed by atoms with E-state index in [0.717, 1.165) is 18.5 Å². The molecular weight excluding hydrogens is 256 g/mol. The van der Waals surface area contributed by atoms with Gasteiger partial charge in [-0.2, -0.15) is 4.98 Å². The van der Waals surface area contributed by atoms with Gasteiger partial charge in [-0.15, -0.1) is 0 Å². The van der Waals surface area contributed by atoms with Crippen molar-refractivity contribution in [1.82, 2.24) is 19.5 Å². The molecule has 0 saturated heterocycles. The minimum atomic E-state index is 0.165. The van der Waals surface area contributed by atoms with E-state index in [0.29, 0.717) is 17.8 Å². The second-order valence-corrected chi connectivity index (χ2v) is 4.87. The molecule has 2 aromatic rings. The van der Waals surface area contributed by atoms with Crippen molar-refractivity contribution in [3.8, 4) is 5.88 Å². The monoisotopic (exact) mass is 278 g/mol. The number of aliphatic hydroxyl groups is 1. The van der Waals surface area contributed by atoms with Crippen molar-refractivity contribution < 1.29 is 9.84 Å². The molecule has 2 heterocycles. The molecule has 0 fully saturated rings. The van der Waals surface area contributed by atoms with E-state index >= 15 is 0 Å². The summed E-state index contributed by atoms with van der Waals surface area (Å²) in [6.45, 7) is 2.35. The number of aromatic nitrogens is 4. The molecule has 20 heavy (non-hydrogen) atoms. The molecule has 6 nitrogen and oxygen atoms in total. The fraction of sp³-hybridized carbons (Fsp3) is 0.643. The normalized spacial score (nSPS) is 12.8. The zero-order chi connectivity index (χ0) is 14.4. The molecule has 2 aromatic heterocycles. The molecule has 0 aliphatic carbocycles. The van der Waals surface area contributed by atoms with Gasteiger partial charge in [-0.05, 0) is 12.8 Å². The summed E-state index contributed by atoms with van der Waals surface area (Å²) in [4.78, 5) is 12.7. The number of unbranched alkanes of at least 4 members (excludes halogenated alkanes) is 2. The Morgan fingerprint density at radius 1 is 1.25 bits per heavy atom. The Morgan fingerprint density at radius 2 is 2.10 bits per heavy atom. The van der Waals surface area contributed by atoms with Crippen LogP contribution in [0.1, 0.15) is 45.1 Å². The Labute approximate surface area is 118 Å². The van der Waals surface area contributed by atoms with E-state index in [2.05, 4.69) is 21.9 Å². The van der Waals surface area contributed by atoms with Gasteiger partial charge in [-0.25, -0.2) is 9.97 Å². The number of nitrogens with zero attached hydrogens (tertiary/aromatic N) is 4. The first-order chi connectivity index (χ1) is 9.81. The second-order valence-electron chi connectivity index (χ2n) is 4.87. The molecule has 0 aliphatic heterocycles. The van der Waals surface area contributed by atoms with Gasteiger partial charge in [0.25, 0.3) is 0 Å². The minimum absolute atomic E-state index is 0.165. The third kappa shape index (κ3) is 3.07. The number of aliphatic hydroxyl groups excluding tert-OH is 1.